The largest absolute Gasteiger partial charge is 0.355 e. The fraction of sp³-hybridized carbons (Fsp3) is 0.235. The van der Waals surface area contributed by atoms with E-state index in [1.165, 1.54) is 12.1 Å². The van der Waals surface area contributed by atoms with Gasteiger partial charge in [-0.05, 0) is 49.2 Å². The Hall–Kier alpha value is -1.95. The number of hydrogen-bond acceptors (Lipinski definition) is 2. The lowest BCUT2D eigenvalue weighted by molar-refractivity contribution is -0.120. The number of nitrogens with one attached hydrogen (secondary N) is 1. The molecule has 1 atom stereocenters. The van der Waals surface area contributed by atoms with Crippen molar-refractivity contribution in [2.75, 3.05) is 6.54 Å². The molecule has 0 radical (unpaired) electrons. The van der Waals surface area contributed by atoms with Gasteiger partial charge < -0.3 is 5.32 Å². The molecule has 0 bridgehead atoms. The van der Waals surface area contributed by atoms with Crippen LogP contribution in [0.25, 0.3) is 0 Å². The first kappa shape index (κ1) is 17.4. The van der Waals surface area contributed by atoms with Crippen LogP contribution >= 0.6 is 11.8 Å². The van der Waals surface area contributed by atoms with Gasteiger partial charge >= 0.3 is 0 Å². The van der Waals surface area contributed by atoms with E-state index < -0.39 is 16.9 Å². The maximum Gasteiger partial charge on any atom is 0.233 e. The van der Waals surface area contributed by atoms with Gasteiger partial charge in [-0.3, -0.25) is 4.79 Å². The van der Waals surface area contributed by atoms with Crippen molar-refractivity contribution >= 4 is 17.7 Å². The average Bonchev–Trinajstić information content (AvgIpc) is 2.52. The maximum absolute atomic E-state index is 13.5. The molecule has 0 fully saturated rings. The van der Waals surface area contributed by atoms with Crippen molar-refractivity contribution in [3.63, 3.8) is 0 Å². The lowest BCUT2D eigenvalue weighted by atomic mass is 10.1. The van der Waals surface area contributed by atoms with Crippen LogP contribution in [0.2, 0.25) is 0 Å². The van der Waals surface area contributed by atoms with Crippen LogP contribution in [0.5, 0.6) is 0 Å². The van der Waals surface area contributed by atoms with E-state index in [0.717, 1.165) is 35.5 Å². The fourth-order valence-corrected chi connectivity index (χ4v) is 2.87. The molecular formula is C17H16F3NOS. The minimum Gasteiger partial charge on any atom is -0.355 e. The molecular weight excluding hydrogens is 323 g/mol. The van der Waals surface area contributed by atoms with Crippen molar-refractivity contribution < 1.29 is 18.0 Å². The van der Waals surface area contributed by atoms with E-state index in [4.69, 9.17) is 0 Å². The zero-order valence-corrected chi connectivity index (χ0v) is 13.3. The first-order valence-electron chi connectivity index (χ1n) is 7.09. The summed E-state index contributed by atoms with van der Waals surface area (Å²) in [4.78, 5) is 12.1. The third kappa shape index (κ3) is 5.32. The van der Waals surface area contributed by atoms with Gasteiger partial charge in [-0.15, -0.1) is 11.8 Å². The smallest absolute Gasteiger partial charge is 0.233 e. The Morgan fingerprint density at radius 3 is 2.43 bits per heavy atom. The van der Waals surface area contributed by atoms with Gasteiger partial charge in [-0.2, -0.15) is 0 Å². The van der Waals surface area contributed by atoms with Gasteiger partial charge in [0.2, 0.25) is 5.91 Å². The average molecular weight is 339 g/mol. The molecule has 122 valence electrons. The molecule has 1 amide bonds. The molecule has 0 aliphatic carbocycles. The van der Waals surface area contributed by atoms with Crippen molar-refractivity contribution in [1.29, 1.82) is 0 Å². The summed E-state index contributed by atoms with van der Waals surface area (Å²) in [5, 5.41) is 2.17. The van der Waals surface area contributed by atoms with Gasteiger partial charge in [0.05, 0.1) is 5.25 Å². The molecule has 0 saturated carbocycles. The second-order valence-electron chi connectivity index (χ2n) is 5.00. The molecule has 2 nitrogen and oxygen atoms in total. The van der Waals surface area contributed by atoms with E-state index in [2.05, 4.69) is 5.32 Å². The van der Waals surface area contributed by atoms with Crippen LogP contribution in [0.15, 0.2) is 47.4 Å². The molecule has 2 rings (SSSR count). The highest BCUT2D eigenvalue weighted by atomic mass is 32.2. The third-order valence-corrected chi connectivity index (χ3v) is 4.33. The number of carbonyl (C=O) groups is 1. The zero-order chi connectivity index (χ0) is 16.8. The van der Waals surface area contributed by atoms with E-state index >= 15 is 0 Å². The van der Waals surface area contributed by atoms with Crippen molar-refractivity contribution in [2.45, 2.75) is 23.5 Å². The predicted molar refractivity (Wildman–Crippen MR) is 84.8 cm³/mol. The lowest BCUT2D eigenvalue weighted by Gasteiger charge is -2.12. The Balaban J connectivity index is 1.83. The summed E-state index contributed by atoms with van der Waals surface area (Å²) in [6.45, 7) is 2.02. The predicted octanol–water partition coefficient (Wildman–Crippen LogP) is 3.94. The summed E-state index contributed by atoms with van der Waals surface area (Å²) in [5.41, 5.74) is 0.906. The van der Waals surface area contributed by atoms with Crippen molar-refractivity contribution in [1.82, 2.24) is 5.32 Å². The molecule has 0 unspecified atom stereocenters. The van der Waals surface area contributed by atoms with Crippen molar-refractivity contribution in [2.24, 2.45) is 0 Å². The van der Waals surface area contributed by atoms with Gasteiger partial charge in [0.1, 0.15) is 17.5 Å². The standard InChI is InChI=1S/C17H16F3NOS/c1-11(23-16-10-14(19)6-7-15(16)20)17(22)21-9-8-12-2-4-13(18)5-3-12/h2-7,10-11H,8-9H2,1H3,(H,21,22)/t11-/m1/s1. The van der Waals surface area contributed by atoms with Crippen LogP contribution in [-0.4, -0.2) is 17.7 Å². The molecule has 0 aliphatic rings. The monoisotopic (exact) mass is 339 g/mol. The normalized spacial score (nSPS) is 12.0. The van der Waals surface area contributed by atoms with E-state index in [1.807, 2.05) is 0 Å². The SMILES string of the molecule is C[C@@H](Sc1cc(F)ccc1F)C(=O)NCCc1ccc(F)cc1. The van der Waals surface area contributed by atoms with Gasteiger partial charge in [-0.1, -0.05) is 12.1 Å². The Bertz CT molecular complexity index is 676. The molecule has 0 spiro atoms. The zero-order valence-electron chi connectivity index (χ0n) is 12.5. The molecule has 23 heavy (non-hydrogen) atoms. The summed E-state index contributed by atoms with van der Waals surface area (Å²) in [6.07, 6.45) is 0.567. The Morgan fingerprint density at radius 2 is 1.74 bits per heavy atom. The minimum absolute atomic E-state index is 0.103. The van der Waals surface area contributed by atoms with Crippen LogP contribution in [-0.2, 0) is 11.2 Å². The van der Waals surface area contributed by atoms with Crippen LogP contribution in [0.4, 0.5) is 13.2 Å². The number of hydrogen-bond donors (Lipinski definition) is 1. The summed E-state index contributed by atoms with van der Waals surface area (Å²) >= 11 is 0.964. The summed E-state index contributed by atoms with van der Waals surface area (Å²) in [7, 11) is 0. The van der Waals surface area contributed by atoms with E-state index in [1.54, 1.807) is 19.1 Å². The van der Waals surface area contributed by atoms with E-state index in [-0.39, 0.29) is 16.6 Å². The number of carbonyl (C=O) groups excluding carboxylic acids is 1. The Morgan fingerprint density at radius 1 is 1.09 bits per heavy atom. The quantitative estimate of drug-likeness (QED) is 0.808. The first-order valence-corrected chi connectivity index (χ1v) is 7.97. The van der Waals surface area contributed by atoms with Crippen LogP contribution in [0, 0.1) is 17.5 Å². The summed E-state index contributed by atoms with van der Waals surface area (Å²) in [5.74, 6) is -1.67. The molecule has 1 N–H and O–H groups in total. The molecule has 0 saturated heterocycles. The number of rotatable bonds is 6. The molecule has 2 aromatic rings. The van der Waals surface area contributed by atoms with Crippen LogP contribution in [0.3, 0.4) is 0 Å². The summed E-state index contributed by atoms with van der Waals surface area (Å²) in [6, 6.07) is 9.18. The number of benzene rings is 2. The molecule has 2 aromatic carbocycles. The van der Waals surface area contributed by atoms with Gasteiger partial charge in [0.25, 0.3) is 0 Å². The fourth-order valence-electron chi connectivity index (χ4n) is 1.94. The van der Waals surface area contributed by atoms with E-state index in [0.29, 0.717) is 13.0 Å². The van der Waals surface area contributed by atoms with Crippen LogP contribution in [0.1, 0.15) is 12.5 Å². The van der Waals surface area contributed by atoms with Crippen LogP contribution < -0.4 is 5.32 Å². The van der Waals surface area contributed by atoms with Crippen molar-refractivity contribution in [3.8, 4) is 0 Å². The molecule has 6 heteroatoms. The molecule has 0 aliphatic heterocycles. The first-order chi connectivity index (χ1) is 11.0. The number of thioether (sulfide) groups is 1. The van der Waals surface area contributed by atoms with Gasteiger partial charge in [-0.25, -0.2) is 13.2 Å². The topological polar surface area (TPSA) is 29.1 Å². The maximum atomic E-state index is 13.5. The van der Waals surface area contributed by atoms with E-state index in [9.17, 15) is 18.0 Å². The second kappa shape index (κ2) is 8.06. The highest BCUT2D eigenvalue weighted by Gasteiger charge is 2.16. The second-order valence-corrected chi connectivity index (χ2v) is 6.38. The minimum atomic E-state index is -0.556. The van der Waals surface area contributed by atoms with Crippen molar-refractivity contribution in [3.05, 3.63) is 65.5 Å². The highest BCUT2D eigenvalue weighted by molar-refractivity contribution is 8.00. The summed E-state index contributed by atoms with van der Waals surface area (Å²) < 4.78 is 39.4. The lowest BCUT2D eigenvalue weighted by Crippen LogP contribution is -2.32. The van der Waals surface area contributed by atoms with Gasteiger partial charge in [0.15, 0.2) is 0 Å². The van der Waals surface area contributed by atoms with Gasteiger partial charge in [0, 0.05) is 11.4 Å². The Kier molecular flexibility index (Phi) is 6.10. The number of amides is 1. The molecule has 0 heterocycles. The highest BCUT2D eigenvalue weighted by Crippen LogP contribution is 2.26. The third-order valence-electron chi connectivity index (χ3n) is 3.19. The number of halogens is 3. The Labute approximate surface area is 137 Å². The molecule has 0 aromatic heterocycles.